The van der Waals surface area contributed by atoms with Crippen LogP contribution in [0.4, 0.5) is 5.69 Å². The van der Waals surface area contributed by atoms with Gasteiger partial charge in [-0.25, -0.2) is 4.79 Å². The molecule has 1 amide bonds. The van der Waals surface area contributed by atoms with Gasteiger partial charge >= 0.3 is 5.97 Å². The summed E-state index contributed by atoms with van der Waals surface area (Å²) in [6.07, 6.45) is 0. The fourth-order valence-electron chi connectivity index (χ4n) is 1.50. The molecule has 0 radical (unpaired) electrons. The number of carbonyl (C=O) groups is 2. The van der Waals surface area contributed by atoms with Crippen molar-refractivity contribution in [3.8, 4) is 6.07 Å². The van der Waals surface area contributed by atoms with Crippen molar-refractivity contribution in [2.75, 3.05) is 11.9 Å². The van der Waals surface area contributed by atoms with Crippen LogP contribution in [-0.4, -0.2) is 18.5 Å². The van der Waals surface area contributed by atoms with Crippen LogP contribution in [0.25, 0.3) is 5.70 Å². The third kappa shape index (κ3) is 3.85. The molecule has 3 N–H and O–H groups in total. The maximum atomic E-state index is 11.6. The van der Waals surface area contributed by atoms with Gasteiger partial charge in [-0.1, -0.05) is 12.1 Å². The number of hydrogen-bond acceptors (Lipinski definition) is 5. The van der Waals surface area contributed by atoms with Crippen LogP contribution in [0, 0.1) is 11.3 Å². The fraction of sp³-hybridized carbons (Fsp3) is 0.214. The van der Waals surface area contributed by atoms with Gasteiger partial charge in [-0.05, 0) is 24.6 Å². The zero-order valence-electron chi connectivity index (χ0n) is 11.3. The number of hydrogen-bond donors (Lipinski definition) is 2. The second-order valence-electron chi connectivity index (χ2n) is 3.88. The van der Waals surface area contributed by atoms with Gasteiger partial charge in [0.05, 0.1) is 12.3 Å². The fourth-order valence-corrected chi connectivity index (χ4v) is 1.50. The van der Waals surface area contributed by atoms with Gasteiger partial charge in [0.1, 0.15) is 6.07 Å². The van der Waals surface area contributed by atoms with Crippen LogP contribution in [0.2, 0.25) is 0 Å². The lowest BCUT2D eigenvalue weighted by molar-refractivity contribution is -0.137. The van der Waals surface area contributed by atoms with Crippen LogP contribution >= 0.6 is 0 Å². The molecule has 6 heteroatoms. The summed E-state index contributed by atoms with van der Waals surface area (Å²) < 4.78 is 4.76. The maximum absolute atomic E-state index is 11.6. The van der Waals surface area contributed by atoms with Crippen molar-refractivity contribution in [3.05, 3.63) is 35.4 Å². The van der Waals surface area contributed by atoms with E-state index in [1.54, 1.807) is 37.3 Å². The second kappa shape index (κ2) is 6.95. The van der Waals surface area contributed by atoms with Crippen LogP contribution in [0.1, 0.15) is 19.4 Å². The van der Waals surface area contributed by atoms with Crippen LogP contribution in [-0.2, 0) is 14.3 Å². The predicted molar refractivity (Wildman–Crippen MR) is 74.1 cm³/mol. The van der Waals surface area contributed by atoms with E-state index in [4.69, 9.17) is 15.7 Å². The van der Waals surface area contributed by atoms with E-state index in [9.17, 15) is 9.59 Å². The minimum atomic E-state index is -0.751. The molecule has 0 unspecified atom stereocenters. The predicted octanol–water partition coefficient (Wildman–Crippen LogP) is 1.40. The van der Waals surface area contributed by atoms with E-state index in [0.717, 1.165) is 0 Å². The summed E-state index contributed by atoms with van der Waals surface area (Å²) in [6.45, 7) is 3.21. The summed E-state index contributed by atoms with van der Waals surface area (Å²) in [5, 5.41) is 11.6. The van der Waals surface area contributed by atoms with Crippen molar-refractivity contribution in [1.29, 1.82) is 5.26 Å². The van der Waals surface area contributed by atoms with Gasteiger partial charge in [-0.3, -0.25) is 4.79 Å². The first-order chi connectivity index (χ1) is 9.49. The first kappa shape index (κ1) is 15.2. The molecule has 1 rings (SSSR count). The van der Waals surface area contributed by atoms with E-state index >= 15 is 0 Å². The van der Waals surface area contributed by atoms with Gasteiger partial charge in [-0.2, -0.15) is 5.26 Å². The lowest BCUT2D eigenvalue weighted by atomic mass is 10.1. The highest BCUT2D eigenvalue weighted by Gasteiger charge is 2.15. The van der Waals surface area contributed by atoms with Crippen molar-refractivity contribution in [2.24, 2.45) is 5.73 Å². The standard InChI is InChI=1S/C14H15N3O3/c1-3-20-14(19)12(8-15)13(16)10-4-6-11(7-5-10)17-9(2)18/h4-7H,3,16H2,1-2H3,(H,17,18)/b13-12-. The SMILES string of the molecule is CCOC(=O)/C(C#N)=C(\N)c1ccc(NC(C)=O)cc1. The molecule has 0 fully saturated rings. The first-order valence-corrected chi connectivity index (χ1v) is 5.94. The topological polar surface area (TPSA) is 105 Å². The van der Waals surface area contributed by atoms with E-state index in [2.05, 4.69) is 5.32 Å². The number of anilines is 1. The van der Waals surface area contributed by atoms with Gasteiger partial charge in [0.25, 0.3) is 0 Å². The highest BCUT2D eigenvalue weighted by molar-refractivity contribution is 6.01. The van der Waals surface area contributed by atoms with Gasteiger partial charge < -0.3 is 15.8 Å². The molecule has 0 aliphatic rings. The normalized spacial score (nSPS) is 11.1. The van der Waals surface area contributed by atoms with Crippen molar-refractivity contribution in [3.63, 3.8) is 0 Å². The molecule has 0 aliphatic carbocycles. The van der Waals surface area contributed by atoms with Gasteiger partial charge in [0.2, 0.25) is 5.91 Å². The van der Waals surface area contributed by atoms with Crippen LogP contribution in [0.3, 0.4) is 0 Å². The van der Waals surface area contributed by atoms with Crippen molar-refractivity contribution < 1.29 is 14.3 Å². The minimum absolute atomic E-state index is 0.0420. The zero-order valence-corrected chi connectivity index (χ0v) is 11.3. The van der Waals surface area contributed by atoms with E-state index < -0.39 is 5.97 Å². The third-order valence-corrected chi connectivity index (χ3v) is 2.38. The van der Waals surface area contributed by atoms with Crippen molar-refractivity contribution in [2.45, 2.75) is 13.8 Å². The summed E-state index contributed by atoms with van der Waals surface area (Å²) >= 11 is 0. The molecule has 1 aromatic rings. The highest BCUT2D eigenvalue weighted by Crippen LogP contribution is 2.17. The summed E-state index contributed by atoms with van der Waals surface area (Å²) in [5.74, 6) is -0.941. The average Bonchev–Trinajstić information content (AvgIpc) is 2.40. The van der Waals surface area contributed by atoms with Crippen LogP contribution in [0.15, 0.2) is 29.8 Å². The summed E-state index contributed by atoms with van der Waals surface area (Å²) in [7, 11) is 0. The maximum Gasteiger partial charge on any atom is 0.351 e. The number of amides is 1. The molecule has 6 nitrogen and oxygen atoms in total. The molecule has 0 atom stereocenters. The Balaban J connectivity index is 3.06. The molecule has 0 spiro atoms. The quantitative estimate of drug-likeness (QED) is 0.490. The monoisotopic (exact) mass is 273 g/mol. The first-order valence-electron chi connectivity index (χ1n) is 5.94. The molecular formula is C14H15N3O3. The van der Waals surface area contributed by atoms with E-state index in [-0.39, 0.29) is 23.8 Å². The molecule has 1 aromatic carbocycles. The third-order valence-electron chi connectivity index (χ3n) is 2.38. The largest absolute Gasteiger partial charge is 0.462 e. The minimum Gasteiger partial charge on any atom is -0.462 e. The Morgan fingerprint density at radius 3 is 2.40 bits per heavy atom. The number of benzene rings is 1. The summed E-state index contributed by atoms with van der Waals surface area (Å²) in [6, 6.07) is 8.22. The molecular weight excluding hydrogens is 258 g/mol. The molecule has 0 aromatic heterocycles. The number of rotatable bonds is 4. The number of nitrogens with zero attached hydrogens (tertiary/aromatic N) is 1. The number of carbonyl (C=O) groups excluding carboxylic acids is 2. The Kier molecular flexibility index (Phi) is 5.30. The highest BCUT2D eigenvalue weighted by atomic mass is 16.5. The Morgan fingerprint density at radius 1 is 1.35 bits per heavy atom. The van der Waals surface area contributed by atoms with E-state index in [1.807, 2.05) is 0 Å². The number of nitrogens with two attached hydrogens (primary N) is 1. The van der Waals surface area contributed by atoms with Crippen LogP contribution in [0.5, 0.6) is 0 Å². The molecule has 0 aliphatic heterocycles. The number of esters is 1. The zero-order chi connectivity index (χ0) is 15.1. The van der Waals surface area contributed by atoms with Gasteiger partial charge in [0.15, 0.2) is 5.57 Å². The van der Waals surface area contributed by atoms with Gasteiger partial charge in [0, 0.05) is 12.6 Å². The molecule has 20 heavy (non-hydrogen) atoms. The van der Waals surface area contributed by atoms with E-state index in [0.29, 0.717) is 11.3 Å². The molecule has 104 valence electrons. The smallest absolute Gasteiger partial charge is 0.351 e. The molecule has 0 bridgehead atoms. The Labute approximate surface area is 116 Å². The lowest BCUT2D eigenvalue weighted by Crippen LogP contribution is -2.12. The van der Waals surface area contributed by atoms with E-state index in [1.165, 1.54) is 6.92 Å². The van der Waals surface area contributed by atoms with Gasteiger partial charge in [-0.15, -0.1) is 0 Å². The molecule has 0 heterocycles. The second-order valence-corrected chi connectivity index (χ2v) is 3.88. The number of nitriles is 1. The van der Waals surface area contributed by atoms with Crippen LogP contribution < -0.4 is 11.1 Å². The average molecular weight is 273 g/mol. The number of nitrogens with one attached hydrogen (secondary N) is 1. The molecule has 0 saturated heterocycles. The Morgan fingerprint density at radius 2 is 1.95 bits per heavy atom. The van der Waals surface area contributed by atoms with Crippen molar-refractivity contribution >= 4 is 23.3 Å². The summed E-state index contributed by atoms with van der Waals surface area (Å²) in [5.41, 5.74) is 6.71. The lowest BCUT2D eigenvalue weighted by Gasteiger charge is -2.07. The Hall–Kier alpha value is -2.81. The Bertz CT molecular complexity index is 583. The summed E-state index contributed by atoms with van der Waals surface area (Å²) in [4.78, 5) is 22.5. The molecule has 0 saturated carbocycles. The van der Waals surface area contributed by atoms with Crippen molar-refractivity contribution in [1.82, 2.24) is 0 Å². The number of ether oxygens (including phenoxy) is 1.